The first kappa shape index (κ1) is 10.7. The molecule has 1 aromatic carbocycles. The average Bonchev–Trinajstić information content (AvgIpc) is 2.67. The third-order valence-electron chi connectivity index (χ3n) is 2.72. The Hall–Kier alpha value is -1.83. The minimum absolute atomic E-state index is 1.19. The Kier molecular flexibility index (Phi) is 2.91. The lowest BCUT2D eigenvalue weighted by Gasteiger charge is -1.95. The zero-order valence-electron chi connectivity index (χ0n) is 9.94. The number of hydrogen-bond acceptors (Lipinski definition) is 1. The number of aryl methyl sites for hydroxylation is 1. The van der Waals surface area contributed by atoms with Crippen molar-refractivity contribution < 1.29 is 0 Å². The number of hydrogen-bond donors (Lipinski definition) is 0. The molecule has 0 fully saturated rings. The van der Waals surface area contributed by atoms with E-state index >= 15 is 0 Å². The molecule has 0 unspecified atom stereocenters. The van der Waals surface area contributed by atoms with Gasteiger partial charge in [-0.2, -0.15) is 0 Å². The first-order valence-corrected chi connectivity index (χ1v) is 5.65. The molecule has 3 rings (SSSR count). The lowest BCUT2D eigenvalue weighted by atomic mass is 10.2. The summed E-state index contributed by atoms with van der Waals surface area (Å²) in [7, 11) is 2.08. The van der Waals surface area contributed by atoms with E-state index < -0.39 is 0 Å². The number of rotatable bonds is 0. The Balaban J connectivity index is 0.000000457. The highest BCUT2D eigenvalue weighted by atomic mass is 14.9. The van der Waals surface area contributed by atoms with Crippen LogP contribution in [0.25, 0.3) is 21.8 Å². The zero-order valence-corrected chi connectivity index (χ0v) is 9.94. The van der Waals surface area contributed by atoms with Crippen molar-refractivity contribution >= 4 is 21.8 Å². The molecule has 16 heavy (non-hydrogen) atoms. The predicted molar refractivity (Wildman–Crippen MR) is 69.6 cm³/mol. The molecule has 0 spiro atoms. The Labute approximate surface area is 95.5 Å². The summed E-state index contributed by atoms with van der Waals surface area (Å²) in [6, 6.07) is 10.5. The van der Waals surface area contributed by atoms with Crippen LogP contribution in [0.5, 0.6) is 0 Å². The second-order valence-electron chi connectivity index (χ2n) is 3.47. The van der Waals surface area contributed by atoms with Gasteiger partial charge in [-0.3, -0.25) is 4.98 Å². The molecule has 0 radical (unpaired) electrons. The number of nitrogens with zero attached hydrogens (tertiary/aromatic N) is 2. The summed E-state index contributed by atoms with van der Waals surface area (Å²) in [5.41, 5.74) is 2.45. The summed E-state index contributed by atoms with van der Waals surface area (Å²) in [6.07, 6.45) is 3.75. The molecule has 2 heteroatoms. The first-order valence-electron chi connectivity index (χ1n) is 5.65. The van der Waals surface area contributed by atoms with Crippen molar-refractivity contribution in [3.63, 3.8) is 0 Å². The molecule has 2 aromatic heterocycles. The van der Waals surface area contributed by atoms with Gasteiger partial charge in [0.2, 0.25) is 0 Å². The van der Waals surface area contributed by atoms with Crippen molar-refractivity contribution in [2.24, 2.45) is 7.05 Å². The lowest BCUT2D eigenvalue weighted by Crippen LogP contribution is -1.85. The molecule has 2 heterocycles. The van der Waals surface area contributed by atoms with Gasteiger partial charge in [0.25, 0.3) is 0 Å². The Morgan fingerprint density at radius 1 is 0.938 bits per heavy atom. The normalized spacial score (nSPS) is 10.2. The highest BCUT2D eigenvalue weighted by Crippen LogP contribution is 2.26. The molecule has 0 bridgehead atoms. The molecule has 2 nitrogen and oxygen atoms in total. The molecule has 0 aliphatic heterocycles. The van der Waals surface area contributed by atoms with E-state index in [2.05, 4.69) is 46.9 Å². The fraction of sp³-hybridized carbons (Fsp3) is 0.214. The van der Waals surface area contributed by atoms with Crippen molar-refractivity contribution in [3.05, 3.63) is 42.7 Å². The number of para-hydroxylation sites is 1. The molecule has 0 aliphatic rings. The molecule has 0 amide bonds. The topological polar surface area (TPSA) is 17.8 Å². The van der Waals surface area contributed by atoms with Gasteiger partial charge in [-0.15, -0.1) is 0 Å². The van der Waals surface area contributed by atoms with Gasteiger partial charge in [0.05, 0.1) is 11.7 Å². The van der Waals surface area contributed by atoms with Crippen LogP contribution in [0.15, 0.2) is 42.7 Å². The van der Waals surface area contributed by atoms with Gasteiger partial charge in [0, 0.05) is 29.5 Å². The van der Waals surface area contributed by atoms with E-state index in [0.29, 0.717) is 0 Å². The van der Waals surface area contributed by atoms with Gasteiger partial charge in [0.1, 0.15) is 0 Å². The molecule has 3 aromatic rings. The van der Waals surface area contributed by atoms with Gasteiger partial charge >= 0.3 is 0 Å². The Morgan fingerprint density at radius 3 is 2.44 bits per heavy atom. The minimum Gasteiger partial charge on any atom is -0.342 e. The monoisotopic (exact) mass is 212 g/mol. The van der Waals surface area contributed by atoms with Gasteiger partial charge in [-0.25, -0.2) is 0 Å². The maximum atomic E-state index is 4.15. The molecular weight excluding hydrogens is 196 g/mol. The highest BCUT2D eigenvalue weighted by molar-refractivity contribution is 6.07. The summed E-state index contributed by atoms with van der Waals surface area (Å²) in [6.45, 7) is 4.00. The third kappa shape index (κ3) is 1.47. The summed E-state index contributed by atoms with van der Waals surface area (Å²) in [4.78, 5) is 4.15. The van der Waals surface area contributed by atoms with Crippen LogP contribution in [0.2, 0.25) is 0 Å². The summed E-state index contributed by atoms with van der Waals surface area (Å²) in [5, 5.41) is 2.57. The van der Waals surface area contributed by atoms with Crippen molar-refractivity contribution in [3.8, 4) is 0 Å². The molecule has 0 atom stereocenters. The van der Waals surface area contributed by atoms with E-state index in [0.717, 1.165) is 0 Å². The molecule has 0 saturated heterocycles. The fourth-order valence-corrected chi connectivity index (χ4v) is 2.00. The number of benzene rings is 1. The van der Waals surface area contributed by atoms with Gasteiger partial charge in [-0.05, 0) is 12.1 Å². The van der Waals surface area contributed by atoms with E-state index in [4.69, 9.17) is 0 Å². The van der Waals surface area contributed by atoms with Crippen LogP contribution in [0.4, 0.5) is 0 Å². The fourth-order valence-electron chi connectivity index (χ4n) is 2.00. The third-order valence-corrected chi connectivity index (χ3v) is 2.72. The zero-order chi connectivity index (χ0) is 11.5. The Bertz CT molecular complexity index is 555. The van der Waals surface area contributed by atoms with Crippen LogP contribution in [-0.2, 0) is 7.05 Å². The number of pyridine rings is 1. The van der Waals surface area contributed by atoms with Crippen molar-refractivity contribution in [1.82, 2.24) is 9.55 Å². The van der Waals surface area contributed by atoms with E-state index in [1.54, 1.807) is 0 Å². The van der Waals surface area contributed by atoms with E-state index in [1.165, 1.54) is 21.8 Å². The highest BCUT2D eigenvalue weighted by Gasteiger charge is 2.05. The summed E-state index contributed by atoms with van der Waals surface area (Å²) < 4.78 is 2.18. The second-order valence-corrected chi connectivity index (χ2v) is 3.47. The quantitative estimate of drug-likeness (QED) is 0.555. The van der Waals surface area contributed by atoms with Gasteiger partial charge < -0.3 is 4.57 Å². The van der Waals surface area contributed by atoms with E-state index in [9.17, 15) is 0 Å². The van der Waals surface area contributed by atoms with Gasteiger partial charge in [-0.1, -0.05) is 32.0 Å². The first-order chi connectivity index (χ1) is 7.88. The van der Waals surface area contributed by atoms with Crippen LogP contribution in [-0.4, -0.2) is 9.55 Å². The number of fused-ring (bicyclic) bond motifs is 3. The SMILES string of the molecule is CC.Cn1c2ccccc2c2ccncc21. The average molecular weight is 212 g/mol. The van der Waals surface area contributed by atoms with E-state index in [-0.39, 0.29) is 0 Å². The molecule has 0 saturated carbocycles. The number of aromatic nitrogens is 2. The molecule has 82 valence electrons. The van der Waals surface area contributed by atoms with Crippen LogP contribution in [0.1, 0.15) is 13.8 Å². The maximum Gasteiger partial charge on any atom is 0.0675 e. The Morgan fingerprint density at radius 2 is 1.62 bits per heavy atom. The minimum atomic E-state index is 1.19. The van der Waals surface area contributed by atoms with Crippen molar-refractivity contribution in [1.29, 1.82) is 0 Å². The smallest absolute Gasteiger partial charge is 0.0675 e. The standard InChI is InChI=1S/C12H10N2.C2H6/c1-14-11-5-3-2-4-9(11)10-6-7-13-8-12(10)14;1-2/h2-8H,1H3;1-2H3. The molecular formula is C14H16N2. The predicted octanol–water partition coefficient (Wildman–Crippen LogP) is 3.75. The van der Waals surface area contributed by atoms with E-state index in [1.807, 2.05) is 26.2 Å². The van der Waals surface area contributed by atoms with Crippen molar-refractivity contribution in [2.45, 2.75) is 13.8 Å². The maximum absolute atomic E-state index is 4.15. The van der Waals surface area contributed by atoms with Crippen LogP contribution in [0, 0.1) is 0 Å². The lowest BCUT2D eigenvalue weighted by molar-refractivity contribution is 1.01. The van der Waals surface area contributed by atoms with Crippen LogP contribution < -0.4 is 0 Å². The van der Waals surface area contributed by atoms with Gasteiger partial charge in [0.15, 0.2) is 0 Å². The molecule has 0 N–H and O–H groups in total. The largest absolute Gasteiger partial charge is 0.342 e. The summed E-state index contributed by atoms with van der Waals surface area (Å²) >= 11 is 0. The van der Waals surface area contributed by atoms with Crippen LogP contribution in [0.3, 0.4) is 0 Å². The summed E-state index contributed by atoms with van der Waals surface area (Å²) in [5.74, 6) is 0. The second kappa shape index (κ2) is 4.35. The molecule has 0 aliphatic carbocycles. The van der Waals surface area contributed by atoms with Crippen molar-refractivity contribution in [2.75, 3.05) is 0 Å². The van der Waals surface area contributed by atoms with Crippen LogP contribution >= 0.6 is 0 Å².